The number of nitrogens with zero attached hydrogens (tertiary/aromatic N) is 4. The van der Waals surface area contributed by atoms with E-state index in [-0.39, 0.29) is 0 Å². The normalized spacial score (nSPS) is 15.7. The Morgan fingerprint density at radius 3 is 2.61 bits per heavy atom. The lowest BCUT2D eigenvalue weighted by Gasteiger charge is -2.26. The lowest BCUT2D eigenvalue weighted by Crippen LogP contribution is -2.33. The van der Waals surface area contributed by atoms with Gasteiger partial charge in [-0.15, -0.1) is 0 Å². The first-order chi connectivity index (χ1) is 8.93. The van der Waals surface area contributed by atoms with E-state index in [1.165, 1.54) is 0 Å². The molecule has 4 nitrogen and oxygen atoms in total. The molecular weight excluding hydrogens is 244 g/mol. The second-order valence-electron chi connectivity index (χ2n) is 4.06. The summed E-state index contributed by atoms with van der Waals surface area (Å²) in [5, 5.41) is 0. The Kier molecular flexibility index (Phi) is 3.41. The molecule has 1 aliphatic rings. The smallest absolute Gasteiger partial charge is 0.225 e. The topological polar surface area (TPSA) is 41.9 Å². The van der Waals surface area contributed by atoms with Crippen LogP contribution in [-0.4, -0.2) is 39.5 Å². The van der Waals surface area contributed by atoms with Crippen LogP contribution in [0.5, 0.6) is 0 Å². The van der Waals surface area contributed by atoms with Crippen LogP contribution in [0.25, 0.3) is 11.4 Å². The quantitative estimate of drug-likeness (QED) is 0.825. The first-order valence-corrected chi connectivity index (χ1v) is 7.16. The van der Waals surface area contributed by atoms with Gasteiger partial charge in [-0.05, 0) is 18.2 Å². The fraction of sp³-hybridized carbons (Fsp3) is 0.308. The molecule has 0 N–H and O–H groups in total. The molecule has 2 aromatic rings. The molecule has 2 aromatic heterocycles. The minimum atomic E-state index is 0.818. The van der Waals surface area contributed by atoms with Gasteiger partial charge >= 0.3 is 0 Å². The number of hydrogen-bond donors (Lipinski definition) is 0. The highest BCUT2D eigenvalue weighted by Crippen LogP contribution is 2.19. The summed E-state index contributed by atoms with van der Waals surface area (Å²) in [6, 6.07) is 7.76. The number of hydrogen-bond acceptors (Lipinski definition) is 5. The molecule has 0 radical (unpaired) electrons. The molecule has 0 aromatic carbocycles. The lowest BCUT2D eigenvalue weighted by atomic mass is 10.2. The van der Waals surface area contributed by atoms with Gasteiger partial charge in [0.25, 0.3) is 0 Å². The molecule has 92 valence electrons. The van der Waals surface area contributed by atoms with E-state index >= 15 is 0 Å². The molecule has 3 rings (SSSR count). The van der Waals surface area contributed by atoms with Crippen LogP contribution in [0.4, 0.5) is 5.95 Å². The molecule has 0 saturated carbocycles. The third kappa shape index (κ3) is 2.46. The molecule has 0 amide bonds. The van der Waals surface area contributed by atoms with Gasteiger partial charge < -0.3 is 4.90 Å². The van der Waals surface area contributed by atoms with Crippen molar-refractivity contribution in [3.8, 4) is 11.4 Å². The van der Waals surface area contributed by atoms with E-state index in [0.717, 1.165) is 41.9 Å². The van der Waals surface area contributed by atoms with Crippen LogP contribution in [0, 0.1) is 0 Å². The van der Waals surface area contributed by atoms with Crippen LogP contribution < -0.4 is 4.90 Å². The highest BCUT2D eigenvalue weighted by molar-refractivity contribution is 7.99. The maximum absolute atomic E-state index is 4.61. The van der Waals surface area contributed by atoms with Crippen LogP contribution in [0.15, 0.2) is 36.7 Å². The molecule has 0 aliphatic carbocycles. The van der Waals surface area contributed by atoms with E-state index in [9.17, 15) is 0 Å². The maximum atomic E-state index is 4.61. The zero-order valence-corrected chi connectivity index (χ0v) is 10.8. The average Bonchev–Trinajstić information content (AvgIpc) is 2.49. The Balaban J connectivity index is 1.89. The van der Waals surface area contributed by atoms with Crippen LogP contribution in [0.1, 0.15) is 0 Å². The standard InChI is InChI=1S/C13H14N4S/c1-2-5-14-11(3-1)12-4-6-15-13(16-12)17-7-9-18-10-8-17/h1-6H,7-10H2. The predicted molar refractivity (Wildman–Crippen MR) is 74.8 cm³/mol. The predicted octanol–water partition coefficient (Wildman–Crippen LogP) is 2.09. The van der Waals surface area contributed by atoms with Gasteiger partial charge in [-0.3, -0.25) is 4.98 Å². The molecule has 0 atom stereocenters. The fourth-order valence-electron chi connectivity index (χ4n) is 1.92. The van der Waals surface area contributed by atoms with Gasteiger partial charge in [0.15, 0.2) is 0 Å². The summed E-state index contributed by atoms with van der Waals surface area (Å²) in [5.41, 5.74) is 1.78. The van der Waals surface area contributed by atoms with Gasteiger partial charge in [0.2, 0.25) is 5.95 Å². The largest absolute Gasteiger partial charge is 0.339 e. The van der Waals surface area contributed by atoms with Crippen molar-refractivity contribution in [3.05, 3.63) is 36.7 Å². The number of aromatic nitrogens is 3. The highest BCUT2D eigenvalue weighted by Gasteiger charge is 2.14. The molecule has 3 heterocycles. The molecule has 0 spiro atoms. The van der Waals surface area contributed by atoms with Crippen molar-refractivity contribution in [2.45, 2.75) is 0 Å². The van der Waals surface area contributed by atoms with Crippen molar-refractivity contribution in [2.75, 3.05) is 29.5 Å². The minimum Gasteiger partial charge on any atom is -0.339 e. The van der Waals surface area contributed by atoms with Crippen molar-refractivity contribution in [3.63, 3.8) is 0 Å². The van der Waals surface area contributed by atoms with Gasteiger partial charge in [0.05, 0.1) is 11.4 Å². The van der Waals surface area contributed by atoms with Crippen molar-refractivity contribution < 1.29 is 0 Å². The summed E-state index contributed by atoms with van der Waals surface area (Å²) in [5.74, 6) is 3.12. The van der Waals surface area contributed by atoms with Crippen LogP contribution in [-0.2, 0) is 0 Å². The highest BCUT2D eigenvalue weighted by atomic mass is 32.2. The van der Waals surface area contributed by atoms with Crippen LogP contribution >= 0.6 is 11.8 Å². The maximum Gasteiger partial charge on any atom is 0.225 e. The van der Waals surface area contributed by atoms with Crippen LogP contribution in [0.2, 0.25) is 0 Å². The first-order valence-electron chi connectivity index (χ1n) is 6.00. The van der Waals surface area contributed by atoms with Gasteiger partial charge in [-0.2, -0.15) is 11.8 Å². The van der Waals surface area contributed by atoms with E-state index in [2.05, 4.69) is 19.9 Å². The molecule has 5 heteroatoms. The van der Waals surface area contributed by atoms with Gasteiger partial charge in [0, 0.05) is 37.0 Å². The Morgan fingerprint density at radius 2 is 1.83 bits per heavy atom. The second kappa shape index (κ2) is 5.35. The van der Waals surface area contributed by atoms with E-state index in [4.69, 9.17) is 0 Å². The summed E-state index contributed by atoms with van der Waals surface area (Å²) in [7, 11) is 0. The summed E-state index contributed by atoms with van der Waals surface area (Å²) in [6.07, 6.45) is 3.60. The summed E-state index contributed by atoms with van der Waals surface area (Å²) in [6.45, 7) is 2.05. The minimum absolute atomic E-state index is 0.818. The zero-order chi connectivity index (χ0) is 12.2. The Bertz CT molecular complexity index is 511. The molecule has 18 heavy (non-hydrogen) atoms. The molecular formula is C13H14N4S. The van der Waals surface area contributed by atoms with Crippen molar-refractivity contribution in [2.24, 2.45) is 0 Å². The van der Waals surface area contributed by atoms with Crippen LogP contribution in [0.3, 0.4) is 0 Å². The van der Waals surface area contributed by atoms with Crippen molar-refractivity contribution >= 4 is 17.7 Å². The number of pyridine rings is 1. The number of thioether (sulfide) groups is 1. The van der Waals surface area contributed by atoms with Gasteiger partial charge in [-0.1, -0.05) is 6.07 Å². The fourth-order valence-corrected chi connectivity index (χ4v) is 2.82. The summed E-state index contributed by atoms with van der Waals surface area (Å²) in [4.78, 5) is 15.5. The Morgan fingerprint density at radius 1 is 0.944 bits per heavy atom. The Labute approximate surface area is 110 Å². The van der Waals surface area contributed by atoms with E-state index in [0.29, 0.717) is 0 Å². The van der Waals surface area contributed by atoms with Crippen molar-refractivity contribution in [1.82, 2.24) is 15.0 Å². The molecule has 1 fully saturated rings. The molecule has 1 saturated heterocycles. The average molecular weight is 258 g/mol. The zero-order valence-electron chi connectivity index (χ0n) is 9.99. The second-order valence-corrected chi connectivity index (χ2v) is 5.28. The summed E-state index contributed by atoms with van der Waals surface area (Å²) < 4.78 is 0. The summed E-state index contributed by atoms with van der Waals surface area (Å²) >= 11 is 1.98. The molecule has 1 aliphatic heterocycles. The lowest BCUT2D eigenvalue weighted by molar-refractivity contribution is 0.816. The van der Waals surface area contributed by atoms with E-state index < -0.39 is 0 Å². The Hall–Kier alpha value is -1.62. The third-order valence-corrected chi connectivity index (χ3v) is 3.81. The van der Waals surface area contributed by atoms with Gasteiger partial charge in [-0.25, -0.2) is 9.97 Å². The van der Waals surface area contributed by atoms with E-state index in [1.54, 1.807) is 6.20 Å². The SMILES string of the molecule is c1ccc(-c2ccnc(N3CCSCC3)n2)nc1. The monoisotopic (exact) mass is 258 g/mol. The van der Waals surface area contributed by atoms with Gasteiger partial charge in [0.1, 0.15) is 0 Å². The van der Waals surface area contributed by atoms with Crippen molar-refractivity contribution in [1.29, 1.82) is 0 Å². The number of rotatable bonds is 2. The van der Waals surface area contributed by atoms with E-state index in [1.807, 2.05) is 42.2 Å². The first kappa shape index (κ1) is 11.5. The molecule has 0 unspecified atom stereocenters. The molecule has 0 bridgehead atoms. The third-order valence-electron chi connectivity index (χ3n) is 2.86. The number of anilines is 1.